The molecule has 0 aliphatic rings. The van der Waals surface area contributed by atoms with E-state index in [4.69, 9.17) is 0 Å². The molecule has 0 saturated carbocycles. The largest absolute Gasteiger partial charge is 0.480 e. The van der Waals surface area contributed by atoms with Crippen LogP contribution in [0.15, 0.2) is 48.5 Å². The highest BCUT2D eigenvalue weighted by Gasteiger charge is 2.31. The molecule has 0 fully saturated rings. The summed E-state index contributed by atoms with van der Waals surface area (Å²) in [6, 6.07) is 11.7. The lowest BCUT2D eigenvalue weighted by molar-refractivity contribution is -0.139. The molecule has 3 aromatic rings. The molecule has 142 valence electrons. The molecule has 2 aromatic carbocycles. The van der Waals surface area contributed by atoms with E-state index in [0.29, 0.717) is 17.8 Å². The normalized spacial score (nSPS) is 13.0. The van der Waals surface area contributed by atoms with Gasteiger partial charge in [0.15, 0.2) is 0 Å². The number of rotatable bonds is 6. The number of carbonyl (C=O) groups is 1. The molecule has 0 saturated heterocycles. The number of aliphatic carboxylic acids is 1. The van der Waals surface area contributed by atoms with Crippen LogP contribution >= 0.6 is 0 Å². The third-order valence-electron chi connectivity index (χ3n) is 4.39. The Bertz CT molecular complexity index is 952. The first-order chi connectivity index (χ1) is 12.8. The van der Waals surface area contributed by atoms with Gasteiger partial charge in [0.25, 0.3) is 0 Å². The van der Waals surface area contributed by atoms with Crippen LogP contribution in [0, 0.1) is 0 Å². The fourth-order valence-corrected chi connectivity index (χ4v) is 2.90. The van der Waals surface area contributed by atoms with E-state index >= 15 is 0 Å². The molecule has 3 rings (SSSR count). The third kappa shape index (κ3) is 4.28. The summed E-state index contributed by atoms with van der Waals surface area (Å²) in [6.07, 6.45) is -4.15. The van der Waals surface area contributed by atoms with E-state index in [-0.39, 0.29) is 12.1 Å². The van der Waals surface area contributed by atoms with Crippen LogP contribution in [-0.4, -0.2) is 26.7 Å². The predicted molar refractivity (Wildman–Crippen MR) is 94.1 cm³/mol. The summed E-state index contributed by atoms with van der Waals surface area (Å²) in [5, 5.41) is 12.4. The Hall–Kier alpha value is -2.87. The van der Waals surface area contributed by atoms with Crippen molar-refractivity contribution in [1.29, 1.82) is 0 Å². The fourth-order valence-electron chi connectivity index (χ4n) is 2.90. The molecule has 0 aliphatic carbocycles. The van der Waals surface area contributed by atoms with E-state index in [1.165, 1.54) is 6.07 Å². The number of alkyl halides is 3. The highest BCUT2D eigenvalue weighted by molar-refractivity contribution is 5.77. The SMILES string of the molecule is Cn1c(CN[C@H](Cc2ccccc2)C(=O)O)nc2cc(C(F)(F)F)ccc21. The maximum absolute atomic E-state index is 12.9. The summed E-state index contributed by atoms with van der Waals surface area (Å²) in [5.41, 5.74) is 0.881. The van der Waals surface area contributed by atoms with Crippen LogP contribution in [0.1, 0.15) is 17.0 Å². The summed E-state index contributed by atoms with van der Waals surface area (Å²) < 4.78 is 40.2. The highest BCUT2D eigenvalue weighted by atomic mass is 19.4. The minimum Gasteiger partial charge on any atom is -0.480 e. The van der Waals surface area contributed by atoms with Crippen molar-refractivity contribution in [2.45, 2.75) is 25.2 Å². The van der Waals surface area contributed by atoms with E-state index in [1.54, 1.807) is 11.6 Å². The van der Waals surface area contributed by atoms with Gasteiger partial charge in [-0.2, -0.15) is 13.2 Å². The molecule has 5 nitrogen and oxygen atoms in total. The van der Waals surface area contributed by atoms with Crippen LogP contribution in [0.3, 0.4) is 0 Å². The van der Waals surface area contributed by atoms with Crippen molar-refractivity contribution in [3.63, 3.8) is 0 Å². The van der Waals surface area contributed by atoms with Crippen molar-refractivity contribution in [3.8, 4) is 0 Å². The first-order valence-electron chi connectivity index (χ1n) is 8.28. The van der Waals surface area contributed by atoms with Crippen molar-refractivity contribution in [2.24, 2.45) is 7.05 Å². The van der Waals surface area contributed by atoms with Crippen LogP contribution in [-0.2, 0) is 31.0 Å². The van der Waals surface area contributed by atoms with Gasteiger partial charge in [-0.3, -0.25) is 10.1 Å². The molecular formula is C19H18F3N3O2. The average Bonchev–Trinajstić information content (AvgIpc) is 2.94. The van der Waals surface area contributed by atoms with Crippen LogP contribution in [0.5, 0.6) is 0 Å². The van der Waals surface area contributed by atoms with E-state index in [1.807, 2.05) is 30.3 Å². The van der Waals surface area contributed by atoms with Gasteiger partial charge in [0.2, 0.25) is 0 Å². The Labute approximate surface area is 153 Å². The standard InChI is InChI=1S/C19H18F3N3O2/c1-25-16-8-7-13(19(20,21)22)10-14(16)24-17(25)11-23-15(18(26)27)9-12-5-3-2-4-6-12/h2-8,10,15,23H,9,11H2,1H3,(H,26,27)/t15-/m1/s1. The number of hydrogen-bond donors (Lipinski definition) is 2. The maximum Gasteiger partial charge on any atom is 0.416 e. The van der Waals surface area contributed by atoms with Crippen molar-refractivity contribution in [1.82, 2.24) is 14.9 Å². The van der Waals surface area contributed by atoms with Crippen molar-refractivity contribution in [2.75, 3.05) is 0 Å². The first-order valence-corrected chi connectivity index (χ1v) is 8.28. The molecule has 0 spiro atoms. The minimum atomic E-state index is -4.44. The molecule has 0 radical (unpaired) electrons. The summed E-state index contributed by atoms with van der Waals surface area (Å²) in [5.74, 6) is -0.541. The lowest BCUT2D eigenvalue weighted by Gasteiger charge is -2.14. The molecular weight excluding hydrogens is 359 g/mol. The number of fused-ring (bicyclic) bond motifs is 1. The topological polar surface area (TPSA) is 67.2 Å². The third-order valence-corrected chi connectivity index (χ3v) is 4.39. The molecule has 0 aliphatic heterocycles. The first kappa shape index (κ1) is 18.9. The lowest BCUT2D eigenvalue weighted by atomic mass is 10.1. The number of aryl methyl sites for hydroxylation is 1. The zero-order chi connectivity index (χ0) is 19.6. The smallest absolute Gasteiger partial charge is 0.416 e. The highest BCUT2D eigenvalue weighted by Crippen LogP contribution is 2.31. The Kier molecular flexibility index (Phi) is 5.18. The second-order valence-electron chi connectivity index (χ2n) is 6.25. The molecule has 0 bridgehead atoms. The summed E-state index contributed by atoms with van der Waals surface area (Å²) in [4.78, 5) is 15.8. The summed E-state index contributed by atoms with van der Waals surface area (Å²) >= 11 is 0. The fraction of sp³-hybridized carbons (Fsp3) is 0.263. The molecule has 0 amide bonds. The molecule has 2 N–H and O–H groups in total. The average molecular weight is 377 g/mol. The zero-order valence-electron chi connectivity index (χ0n) is 14.5. The Morgan fingerprint density at radius 1 is 1.22 bits per heavy atom. The van der Waals surface area contributed by atoms with Gasteiger partial charge < -0.3 is 9.67 Å². The van der Waals surface area contributed by atoms with Crippen molar-refractivity contribution >= 4 is 17.0 Å². The second-order valence-corrected chi connectivity index (χ2v) is 6.25. The number of benzene rings is 2. The minimum absolute atomic E-state index is 0.121. The lowest BCUT2D eigenvalue weighted by Crippen LogP contribution is -2.38. The Morgan fingerprint density at radius 2 is 1.93 bits per heavy atom. The molecule has 1 heterocycles. The van der Waals surface area contributed by atoms with E-state index in [0.717, 1.165) is 17.7 Å². The van der Waals surface area contributed by atoms with Gasteiger partial charge in [-0.25, -0.2) is 4.98 Å². The van der Waals surface area contributed by atoms with E-state index < -0.39 is 23.8 Å². The van der Waals surface area contributed by atoms with Crippen LogP contribution in [0.25, 0.3) is 11.0 Å². The van der Waals surface area contributed by atoms with Crippen LogP contribution in [0.4, 0.5) is 13.2 Å². The molecule has 0 unspecified atom stereocenters. The van der Waals surface area contributed by atoms with Crippen molar-refractivity contribution < 1.29 is 23.1 Å². The number of halogens is 3. The zero-order valence-corrected chi connectivity index (χ0v) is 14.5. The second kappa shape index (κ2) is 7.40. The summed E-state index contributed by atoms with van der Waals surface area (Å²) in [6.45, 7) is 0.121. The van der Waals surface area contributed by atoms with Gasteiger partial charge in [0.1, 0.15) is 11.9 Å². The number of hydrogen-bond acceptors (Lipinski definition) is 3. The number of imidazole rings is 1. The Balaban J connectivity index is 1.78. The van der Waals surface area contributed by atoms with Crippen LogP contribution < -0.4 is 5.32 Å². The number of nitrogens with one attached hydrogen (secondary N) is 1. The predicted octanol–water partition coefficient (Wildman–Crippen LogP) is 3.38. The van der Waals surface area contributed by atoms with Crippen molar-refractivity contribution in [3.05, 3.63) is 65.5 Å². The monoisotopic (exact) mass is 377 g/mol. The Morgan fingerprint density at radius 3 is 2.56 bits per heavy atom. The summed E-state index contributed by atoms with van der Waals surface area (Å²) in [7, 11) is 1.69. The van der Waals surface area contributed by atoms with Gasteiger partial charge in [-0.05, 0) is 30.2 Å². The van der Waals surface area contributed by atoms with Gasteiger partial charge >= 0.3 is 12.1 Å². The van der Waals surface area contributed by atoms with Gasteiger partial charge in [0, 0.05) is 7.05 Å². The van der Waals surface area contributed by atoms with E-state index in [2.05, 4.69) is 10.3 Å². The number of carboxylic acid groups (broad SMARTS) is 1. The van der Waals surface area contributed by atoms with Crippen LogP contribution in [0.2, 0.25) is 0 Å². The molecule has 1 atom stereocenters. The number of carboxylic acids is 1. The number of nitrogens with zero attached hydrogens (tertiary/aromatic N) is 2. The maximum atomic E-state index is 12.9. The number of aromatic nitrogens is 2. The molecule has 27 heavy (non-hydrogen) atoms. The quantitative estimate of drug-likeness (QED) is 0.691. The molecule has 8 heteroatoms. The van der Waals surface area contributed by atoms with Gasteiger partial charge in [0.05, 0.1) is 23.1 Å². The van der Waals surface area contributed by atoms with E-state index in [9.17, 15) is 23.1 Å². The van der Waals surface area contributed by atoms with Gasteiger partial charge in [-0.15, -0.1) is 0 Å². The molecule has 1 aromatic heterocycles. The van der Waals surface area contributed by atoms with Gasteiger partial charge in [-0.1, -0.05) is 30.3 Å².